The zero-order valence-electron chi connectivity index (χ0n) is 17.5. The summed E-state index contributed by atoms with van der Waals surface area (Å²) in [5, 5.41) is 9.04. The van der Waals surface area contributed by atoms with E-state index in [1.807, 2.05) is 30.3 Å². The lowest BCUT2D eigenvalue weighted by Gasteiger charge is -2.55. The van der Waals surface area contributed by atoms with Gasteiger partial charge in [0.05, 0.1) is 5.92 Å². The Hall–Kier alpha value is -1.18. The third-order valence-electron chi connectivity index (χ3n) is 6.44. The Morgan fingerprint density at radius 2 is 1.70 bits per heavy atom. The van der Waals surface area contributed by atoms with E-state index in [0.29, 0.717) is 11.3 Å². The molecule has 4 bridgehead atoms. The minimum atomic E-state index is -1.14. The molecule has 4 aliphatic rings. The number of rotatable bonds is 7. The molecule has 1 aromatic carbocycles. The summed E-state index contributed by atoms with van der Waals surface area (Å²) in [6, 6.07) is 9.37. The fourth-order valence-electron chi connectivity index (χ4n) is 5.35. The highest BCUT2D eigenvalue weighted by atomic mass is 32.2. The number of hydrogen-bond acceptors (Lipinski definition) is 6. The average molecular weight is 452 g/mol. The summed E-state index contributed by atoms with van der Waals surface area (Å²) in [5.41, 5.74) is 6.62. The number of carbonyl (C=O) groups excluding carboxylic acids is 1. The molecule has 166 valence electrons. The van der Waals surface area contributed by atoms with Crippen LogP contribution in [0.25, 0.3) is 0 Å². The van der Waals surface area contributed by atoms with Crippen LogP contribution in [-0.4, -0.2) is 40.2 Å². The van der Waals surface area contributed by atoms with Crippen LogP contribution >= 0.6 is 24.4 Å². The smallest absolute Gasteiger partial charge is 0.345 e. The van der Waals surface area contributed by atoms with Gasteiger partial charge in [-0.05, 0) is 68.4 Å². The molecule has 0 aromatic heterocycles. The SMILES string of the molecule is C[C@H](CS)C(=O)O[C@@H](CSc1ccccc1)C(=O)O.NC12CC3CC(CC(C3)C1)C2. The third kappa shape index (κ3) is 6.41. The van der Waals surface area contributed by atoms with E-state index in [0.717, 1.165) is 22.6 Å². The van der Waals surface area contributed by atoms with Crippen LogP contribution in [0.5, 0.6) is 0 Å². The molecule has 5 nitrogen and oxygen atoms in total. The maximum atomic E-state index is 11.6. The molecule has 0 radical (unpaired) electrons. The Bertz CT molecular complexity index is 692. The average Bonchev–Trinajstić information content (AvgIpc) is 2.69. The van der Waals surface area contributed by atoms with E-state index in [-0.39, 0.29) is 5.75 Å². The second-order valence-corrected chi connectivity index (χ2v) is 10.7. The minimum Gasteiger partial charge on any atom is -0.478 e. The summed E-state index contributed by atoms with van der Waals surface area (Å²) in [5.74, 6) is 1.50. The Morgan fingerprint density at radius 3 is 2.13 bits per heavy atom. The van der Waals surface area contributed by atoms with E-state index in [1.54, 1.807) is 6.92 Å². The predicted octanol–water partition coefficient (Wildman–Crippen LogP) is 4.25. The number of esters is 1. The molecule has 0 heterocycles. The van der Waals surface area contributed by atoms with Gasteiger partial charge >= 0.3 is 11.9 Å². The number of carbonyl (C=O) groups is 2. The maximum Gasteiger partial charge on any atom is 0.345 e. The molecule has 5 rings (SSSR count). The molecule has 30 heavy (non-hydrogen) atoms. The minimum absolute atomic E-state index is 0.185. The van der Waals surface area contributed by atoms with Gasteiger partial charge in [0.2, 0.25) is 6.10 Å². The van der Waals surface area contributed by atoms with Crippen molar-refractivity contribution in [2.45, 2.75) is 62.0 Å². The van der Waals surface area contributed by atoms with Crippen molar-refractivity contribution >= 4 is 36.3 Å². The second-order valence-electron chi connectivity index (χ2n) is 9.25. The normalized spacial score (nSPS) is 30.7. The Balaban J connectivity index is 0.000000193. The standard InChI is InChI=1S/C13H16O4S2.C10H17N/c1-9(7-18)13(16)17-11(12(14)15)8-19-10-5-3-2-4-6-10;11-10-4-7-1-8(5-10)3-9(2-7)6-10/h2-6,9,11,18H,7-8H2,1H3,(H,14,15);7-9H,1-6,11H2/t9-,11+;/m1./s1. The first-order chi connectivity index (χ1) is 14.3. The monoisotopic (exact) mass is 451 g/mol. The number of ether oxygens (including phenoxy) is 1. The van der Waals surface area contributed by atoms with Gasteiger partial charge in [0.15, 0.2) is 0 Å². The molecule has 2 atom stereocenters. The fourth-order valence-corrected chi connectivity index (χ4v) is 6.41. The molecular weight excluding hydrogens is 418 g/mol. The van der Waals surface area contributed by atoms with Gasteiger partial charge in [0.1, 0.15) is 0 Å². The zero-order chi connectivity index (χ0) is 21.7. The molecule has 0 saturated heterocycles. The van der Waals surface area contributed by atoms with Crippen LogP contribution in [0.1, 0.15) is 45.4 Å². The van der Waals surface area contributed by atoms with Crippen LogP contribution in [0.3, 0.4) is 0 Å². The molecule has 0 aliphatic heterocycles. The highest BCUT2D eigenvalue weighted by molar-refractivity contribution is 7.99. The van der Waals surface area contributed by atoms with Gasteiger partial charge in [-0.1, -0.05) is 25.1 Å². The lowest BCUT2D eigenvalue weighted by atomic mass is 9.53. The van der Waals surface area contributed by atoms with Gasteiger partial charge in [-0.15, -0.1) is 11.8 Å². The second kappa shape index (κ2) is 10.4. The van der Waals surface area contributed by atoms with Crippen LogP contribution < -0.4 is 5.73 Å². The first-order valence-corrected chi connectivity index (χ1v) is 12.4. The molecule has 0 spiro atoms. The zero-order valence-corrected chi connectivity index (χ0v) is 19.2. The Labute approximate surface area is 188 Å². The van der Waals surface area contributed by atoms with Crippen LogP contribution in [0.4, 0.5) is 0 Å². The van der Waals surface area contributed by atoms with E-state index in [4.69, 9.17) is 15.6 Å². The van der Waals surface area contributed by atoms with Crippen LogP contribution in [0.15, 0.2) is 35.2 Å². The van der Waals surface area contributed by atoms with Gasteiger partial charge in [-0.2, -0.15) is 12.6 Å². The molecule has 1 aromatic rings. The number of hydrogen-bond donors (Lipinski definition) is 3. The number of aliphatic carboxylic acids is 1. The third-order valence-corrected chi connectivity index (χ3v) is 8.06. The largest absolute Gasteiger partial charge is 0.478 e. The molecule has 4 saturated carbocycles. The number of carboxylic acids is 1. The maximum absolute atomic E-state index is 11.6. The highest BCUT2D eigenvalue weighted by Crippen LogP contribution is 2.54. The number of carboxylic acid groups (broad SMARTS) is 1. The van der Waals surface area contributed by atoms with E-state index < -0.39 is 24.0 Å². The van der Waals surface area contributed by atoms with E-state index in [1.165, 1.54) is 50.3 Å². The molecule has 4 aliphatic carbocycles. The number of thiol groups is 1. The van der Waals surface area contributed by atoms with Crippen molar-refractivity contribution in [3.05, 3.63) is 30.3 Å². The van der Waals surface area contributed by atoms with Gasteiger partial charge in [0, 0.05) is 21.9 Å². The van der Waals surface area contributed by atoms with Crippen LogP contribution in [0, 0.1) is 23.7 Å². The summed E-state index contributed by atoms with van der Waals surface area (Å²) in [6.45, 7) is 1.65. The lowest BCUT2D eigenvalue weighted by Crippen LogP contribution is -2.55. The summed E-state index contributed by atoms with van der Waals surface area (Å²) in [4.78, 5) is 23.6. The lowest BCUT2D eigenvalue weighted by molar-refractivity contribution is -0.164. The first-order valence-electron chi connectivity index (χ1n) is 10.8. The van der Waals surface area contributed by atoms with Crippen molar-refractivity contribution in [3.8, 4) is 0 Å². The highest BCUT2D eigenvalue weighted by Gasteiger charge is 2.48. The van der Waals surface area contributed by atoms with E-state index >= 15 is 0 Å². The van der Waals surface area contributed by atoms with E-state index in [2.05, 4.69) is 12.6 Å². The van der Waals surface area contributed by atoms with Gasteiger partial charge in [0.25, 0.3) is 0 Å². The summed E-state index contributed by atoms with van der Waals surface area (Å²) < 4.78 is 4.98. The van der Waals surface area contributed by atoms with Gasteiger partial charge in [-0.25, -0.2) is 4.79 Å². The van der Waals surface area contributed by atoms with Gasteiger partial charge in [-0.3, -0.25) is 4.79 Å². The molecule has 7 heteroatoms. The summed E-state index contributed by atoms with van der Waals surface area (Å²) in [6.07, 6.45) is 7.43. The number of nitrogens with two attached hydrogens (primary N) is 1. The molecule has 0 amide bonds. The summed E-state index contributed by atoms with van der Waals surface area (Å²) in [7, 11) is 0. The Morgan fingerprint density at radius 1 is 1.17 bits per heavy atom. The fraction of sp³-hybridized carbons (Fsp3) is 0.652. The van der Waals surface area contributed by atoms with Crippen LogP contribution in [-0.2, 0) is 14.3 Å². The molecule has 3 N–H and O–H groups in total. The van der Waals surface area contributed by atoms with Crippen molar-refractivity contribution in [2.75, 3.05) is 11.5 Å². The topological polar surface area (TPSA) is 89.6 Å². The van der Waals surface area contributed by atoms with Crippen molar-refractivity contribution in [1.29, 1.82) is 0 Å². The van der Waals surface area contributed by atoms with E-state index in [9.17, 15) is 9.59 Å². The van der Waals surface area contributed by atoms with Crippen LogP contribution in [0.2, 0.25) is 0 Å². The quantitative estimate of drug-likeness (QED) is 0.326. The molecular formula is C23H33NO4S2. The Kier molecular flexibility index (Phi) is 8.16. The molecule has 4 fully saturated rings. The first kappa shape index (κ1) is 23.5. The van der Waals surface area contributed by atoms with Crippen molar-refractivity contribution in [3.63, 3.8) is 0 Å². The van der Waals surface area contributed by atoms with Gasteiger partial charge < -0.3 is 15.6 Å². The molecule has 0 unspecified atom stereocenters. The van der Waals surface area contributed by atoms with Crippen molar-refractivity contribution in [1.82, 2.24) is 0 Å². The summed E-state index contributed by atoms with van der Waals surface area (Å²) >= 11 is 5.33. The number of thioether (sulfide) groups is 1. The van der Waals surface area contributed by atoms with Crippen molar-refractivity contribution < 1.29 is 19.4 Å². The predicted molar refractivity (Wildman–Crippen MR) is 123 cm³/mol. The van der Waals surface area contributed by atoms with Crippen molar-refractivity contribution in [2.24, 2.45) is 29.4 Å². The number of benzene rings is 1.